The summed E-state index contributed by atoms with van der Waals surface area (Å²) in [5.74, 6) is 0.543. The van der Waals surface area contributed by atoms with Gasteiger partial charge in [0.1, 0.15) is 5.75 Å². The summed E-state index contributed by atoms with van der Waals surface area (Å²) >= 11 is 1.41. The van der Waals surface area contributed by atoms with E-state index in [9.17, 15) is 4.79 Å². The number of nitrogens with zero attached hydrogens (tertiary/aromatic N) is 1. The van der Waals surface area contributed by atoms with Crippen molar-refractivity contribution in [3.63, 3.8) is 0 Å². The van der Waals surface area contributed by atoms with Crippen molar-refractivity contribution in [1.82, 2.24) is 10.3 Å². The van der Waals surface area contributed by atoms with Gasteiger partial charge in [-0.1, -0.05) is 6.92 Å². The maximum absolute atomic E-state index is 11.6. The Labute approximate surface area is 128 Å². The van der Waals surface area contributed by atoms with E-state index in [2.05, 4.69) is 10.3 Å². The molecule has 21 heavy (non-hydrogen) atoms. The van der Waals surface area contributed by atoms with Crippen LogP contribution in [0.25, 0.3) is 11.3 Å². The summed E-state index contributed by atoms with van der Waals surface area (Å²) in [6.07, 6.45) is 0.900. The van der Waals surface area contributed by atoms with Gasteiger partial charge in [-0.15, -0.1) is 11.3 Å². The van der Waals surface area contributed by atoms with Crippen LogP contribution in [0.3, 0.4) is 0 Å². The molecule has 5 nitrogen and oxygen atoms in total. The Morgan fingerprint density at radius 3 is 2.71 bits per heavy atom. The number of benzene rings is 1. The zero-order valence-electron chi connectivity index (χ0n) is 12.1. The fourth-order valence-electron chi connectivity index (χ4n) is 1.71. The lowest BCUT2D eigenvalue weighted by atomic mass is 10.2. The second-order valence-electron chi connectivity index (χ2n) is 4.76. The highest BCUT2D eigenvalue weighted by molar-refractivity contribution is 7.13. The summed E-state index contributed by atoms with van der Waals surface area (Å²) in [7, 11) is 0. The molecule has 0 radical (unpaired) electrons. The van der Waals surface area contributed by atoms with Crippen LogP contribution in [0.15, 0.2) is 29.6 Å². The van der Waals surface area contributed by atoms with E-state index in [4.69, 9.17) is 10.5 Å². The summed E-state index contributed by atoms with van der Waals surface area (Å²) in [6, 6.07) is 7.61. The number of thiazole rings is 1. The molecule has 1 aromatic carbocycles. The molecule has 0 bridgehead atoms. The first kappa shape index (κ1) is 15.3. The second-order valence-corrected chi connectivity index (χ2v) is 5.65. The summed E-state index contributed by atoms with van der Waals surface area (Å²) in [5, 5.41) is 5.31. The standard InChI is InChI=1S/C15H19N3O2S/c1-3-10(2)17-14(19)8-20-12-6-4-11(5-7-12)13-9-21-15(16)18-13/h4-7,9-10H,3,8H2,1-2H3,(H2,16,18)(H,17,19). The Balaban J connectivity index is 1.89. The maximum Gasteiger partial charge on any atom is 0.258 e. The average molecular weight is 305 g/mol. The smallest absolute Gasteiger partial charge is 0.258 e. The zero-order chi connectivity index (χ0) is 15.2. The Bertz CT molecular complexity index is 595. The normalized spacial score (nSPS) is 11.9. The number of nitrogen functional groups attached to an aromatic ring is 1. The lowest BCUT2D eigenvalue weighted by molar-refractivity contribution is -0.123. The van der Waals surface area contributed by atoms with Gasteiger partial charge in [-0.25, -0.2) is 4.98 Å². The van der Waals surface area contributed by atoms with Crippen LogP contribution in [-0.2, 0) is 4.79 Å². The number of amides is 1. The van der Waals surface area contributed by atoms with Gasteiger partial charge < -0.3 is 15.8 Å². The molecule has 0 aliphatic carbocycles. The largest absolute Gasteiger partial charge is 0.484 e. The Morgan fingerprint density at radius 2 is 2.14 bits per heavy atom. The number of hydrogen-bond acceptors (Lipinski definition) is 5. The van der Waals surface area contributed by atoms with Gasteiger partial charge in [0.05, 0.1) is 5.69 Å². The average Bonchev–Trinajstić information content (AvgIpc) is 2.92. The summed E-state index contributed by atoms with van der Waals surface area (Å²) in [5.41, 5.74) is 7.43. The van der Waals surface area contributed by atoms with Gasteiger partial charge in [0.25, 0.3) is 5.91 Å². The van der Waals surface area contributed by atoms with Gasteiger partial charge in [-0.2, -0.15) is 0 Å². The molecule has 0 fully saturated rings. The van der Waals surface area contributed by atoms with Crippen molar-refractivity contribution in [1.29, 1.82) is 0 Å². The van der Waals surface area contributed by atoms with Crippen molar-refractivity contribution in [2.75, 3.05) is 12.3 Å². The van der Waals surface area contributed by atoms with Gasteiger partial charge >= 0.3 is 0 Å². The van der Waals surface area contributed by atoms with Crippen molar-refractivity contribution in [3.8, 4) is 17.0 Å². The molecule has 3 N–H and O–H groups in total. The molecule has 0 saturated carbocycles. The van der Waals surface area contributed by atoms with Crippen LogP contribution >= 0.6 is 11.3 Å². The number of carbonyl (C=O) groups excluding carboxylic acids is 1. The van der Waals surface area contributed by atoms with Crippen molar-refractivity contribution in [3.05, 3.63) is 29.6 Å². The molecule has 1 unspecified atom stereocenters. The van der Waals surface area contributed by atoms with Crippen LogP contribution < -0.4 is 15.8 Å². The Morgan fingerprint density at radius 1 is 1.43 bits per heavy atom. The third-order valence-electron chi connectivity index (χ3n) is 3.06. The molecule has 2 aromatic rings. The third-order valence-corrected chi connectivity index (χ3v) is 3.74. The molecule has 6 heteroatoms. The molecule has 1 aromatic heterocycles. The van der Waals surface area contributed by atoms with Crippen LogP contribution in [0.2, 0.25) is 0 Å². The Kier molecular flexibility index (Phi) is 5.16. The van der Waals surface area contributed by atoms with Crippen molar-refractivity contribution in [2.24, 2.45) is 0 Å². The lowest BCUT2D eigenvalue weighted by Gasteiger charge is -2.12. The molecule has 1 amide bonds. The third kappa shape index (κ3) is 4.46. The minimum atomic E-state index is -0.110. The molecule has 1 heterocycles. The van der Waals surface area contributed by atoms with E-state index in [1.165, 1.54) is 11.3 Å². The van der Waals surface area contributed by atoms with Crippen LogP contribution in [0, 0.1) is 0 Å². The predicted molar refractivity (Wildman–Crippen MR) is 85.4 cm³/mol. The predicted octanol–water partition coefficient (Wildman–Crippen LogP) is 2.69. The number of hydrogen-bond donors (Lipinski definition) is 2. The monoisotopic (exact) mass is 305 g/mol. The minimum absolute atomic E-state index is 0.0212. The number of carbonyl (C=O) groups is 1. The molecule has 0 saturated heterocycles. The summed E-state index contributed by atoms with van der Waals surface area (Å²) in [4.78, 5) is 15.8. The molecule has 0 spiro atoms. The van der Waals surface area contributed by atoms with Crippen LogP contribution in [-0.4, -0.2) is 23.5 Å². The highest BCUT2D eigenvalue weighted by Gasteiger charge is 2.07. The Hall–Kier alpha value is -2.08. The van der Waals surface area contributed by atoms with E-state index in [0.29, 0.717) is 10.9 Å². The number of nitrogens with one attached hydrogen (secondary N) is 1. The topological polar surface area (TPSA) is 77.2 Å². The van der Waals surface area contributed by atoms with Crippen LogP contribution in [0.5, 0.6) is 5.75 Å². The van der Waals surface area contributed by atoms with Gasteiger partial charge in [0, 0.05) is 17.0 Å². The van der Waals surface area contributed by atoms with Gasteiger partial charge in [0.15, 0.2) is 11.7 Å². The van der Waals surface area contributed by atoms with E-state index in [1.807, 2.05) is 43.5 Å². The molecule has 0 aliphatic rings. The van der Waals surface area contributed by atoms with Gasteiger partial charge in [-0.3, -0.25) is 4.79 Å². The fourth-order valence-corrected chi connectivity index (χ4v) is 2.28. The van der Waals surface area contributed by atoms with E-state index in [1.54, 1.807) is 0 Å². The first-order valence-corrected chi connectivity index (χ1v) is 7.70. The number of aromatic nitrogens is 1. The first-order chi connectivity index (χ1) is 10.1. The molecule has 1 atom stereocenters. The first-order valence-electron chi connectivity index (χ1n) is 6.82. The molecular weight excluding hydrogens is 286 g/mol. The second kappa shape index (κ2) is 7.08. The van der Waals surface area contributed by atoms with Crippen molar-refractivity contribution >= 4 is 22.4 Å². The number of anilines is 1. The lowest BCUT2D eigenvalue weighted by Crippen LogP contribution is -2.35. The van der Waals surface area contributed by atoms with Crippen LogP contribution in [0.1, 0.15) is 20.3 Å². The molecule has 112 valence electrons. The number of nitrogens with two attached hydrogens (primary N) is 1. The fraction of sp³-hybridized carbons (Fsp3) is 0.333. The highest BCUT2D eigenvalue weighted by Crippen LogP contribution is 2.24. The van der Waals surface area contributed by atoms with E-state index >= 15 is 0 Å². The van der Waals surface area contributed by atoms with Gasteiger partial charge in [-0.05, 0) is 37.6 Å². The van der Waals surface area contributed by atoms with Gasteiger partial charge in [0.2, 0.25) is 0 Å². The number of ether oxygens (including phenoxy) is 1. The van der Waals surface area contributed by atoms with E-state index in [0.717, 1.165) is 17.7 Å². The van der Waals surface area contributed by atoms with E-state index < -0.39 is 0 Å². The van der Waals surface area contributed by atoms with Crippen molar-refractivity contribution in [2.45, 2.75) is 26.3 Å². The van der Waals surface area contributed by atoms with E-state index in [-0.39, 0.29) is 18.6 Å². The quantitative estimate of drug-likeness (QED) is 0.860. The SMILES string of the molecule is CCC(C)NC(=O)COc1ccc(-c2csc(N)n2)cc1. The summed E-state index contributed by atoms with van der Waals surface area (Å²) in [6.45, 7) is 4.01. The zero-order valence-corrected chi connectivity index (χ0v) is 12.9. The number of rotatable bonds is 6. The molecule has 2 rings (SSSR count). The van der Waals surface area contributed by atoms with Crippen molar-refractivity contribution < 1.29 is 9.53 Å². The molecular formula is C15H19N3O2S. The minimum Gasteiger partial charge on any atom is -0.484 e. The maximum atomic E-state index is 11.6. The molecule has 0 aliphatic heterocycles. The summed E-state index contributed by atoms with van der Waals surface area (Å²) < 4.78 is 5.45. The highest BCUT2D eigenvalue weighted by atomic mass is 32.1. The van der Waals surface area contributed by atoms with Crippen LogP contribution in [0.4, 0.5) is 5.13 Å².